The van der Waals surface area contributed by atoms with Crippen molar-refractivity contribution in [3.8, 4) is 0 Å². The summed E-state index contributed by atoms with van der Waals surface area (Å²) in [5, 5.41) is 6.47. The number of nitrogens with zero attached hydrogens (tertiary/aromatic N) is 2. The van der Waals surface area contributed by atoms with Crippen LogP contribution in [0.4, 0.5) is 13.8 Å². The molecular formula is C17H18F2N4O4S. The van der Waals surface area contributed by atoms with Gasteiger partial charge in [0.15, 0.2) is 0 Å². The maximum atomic E-state index is 13.0. The second kappa shape index (κ2) is 7.66. The highest BCUT2D eigenvalue weighted by Crippen LogP contribution is 2.41. The largest absolute Gasteiger partial charge is 0.465 e. The molecule has 150 valence electrons. The number of methoxy groups -OCH3 is 1. The summed E-state index contributed by atoms with van der Waals surface area (Å²) in [7, 11) is 1.17. The van der Waals surface area contributed by atoms with Crippen molar-refractivity contribution in [2.75, 3.05) is 12.4 Å². The Morgan fingerprint density at radius 3 is 2.64 bits per heavy atom. The first-order chi connectivity index (χ1) is 13.2. The summed E-state index contributed by atoms with van der Waals surface area (Å²) in [6.45, 7) is 1.22. The Morgan fingerprint density at radius 1 is 1.43 bits per heavy atom. The van der Waals surface area contributed by atoms with E-state index in [1.807, 2.05) is 0 Å². The maximum Gasteiger partial charge on any atom is 0.341 e. The third-order valence-electron chi connectivity index (χ3n) is 4.36. The van der Waals surface area contributed by atoms with Gasteiger partial charge in [-0.1, -0.05) is 0 Å². The van der Waals surface area contributed by atoms with E-state index in [0.717, 1.165) is 24.2 Å². The highest BCUT2D eigenvalue weighted by Gasteiger charge is 2.31. The van der Waals surface area contributed by atoms with E-state index in [9.17, 15) is 23.2 Å². The van der Waals surface area contributed by atoms with Gasteiger partial charge >= 0.3 is 5.97 Å². The van der Waals surface area contributed by atoms with Gasteiger partial charge in [-0.25, -0.2) is 13.6 Å². The van der Waals surface area contributed by atoms with Crippen LogP contribution >= 0.6 is 11.3 Å². The van der Waals surface area contributed by atoms with Crippen molar-refractivity contribution in [3.63, 3.8) is 0 Å². The lowest BCUT2D eigenvalue weighted by Crippen LogP contribution is -2.21. The van der Waals surface area contributed by atoms with Crippen molar-refractivity contribution in [1.29, 1.82) is 0 Å². The third-order valence-corrected chi connectivity index (χ3v) is 5.58. The van der Waals surface area contributed by atoms with Crippen molar-refractivity contribution in [2.45, 2.75) is 38.7 Å². The zero-order valence-corrected chi connectivity index (χ0v) is 15.9. The minimum absolute atomic E-state index is 0.0331. The zero-order valence-electron chi connectivity index (χ0n) is 15.1. The molecule has 1 fully saturated rings. The summed E-state index contributed by atoms with van der Waals surface area (Å²) in [5.74, 6) is -1.93. The summed E-state index contributed by atoms with van der Waals surface area (Å²) in [5.41, 5.74) is 5.84. The minimum atomic E-state index is -2.73. The second-order valence-electron chi connectivity index (χ2n) is 6.39. The molecule has 0 radical (unpaired) electrons. The Balaban J connectivity index is 1.85. The topological polar surface area (TPSA) is 116 Å². The van der Waals surface area contributed by atoms with Crippen LogP contribution in [0.15, 0.2) is 6.07 Å². The molecule has 0 aromatic carbocycles. The number of rotatable bonds is 7. The predicted molar refractivity (Wildman–Crippen MR) is 96.7 cm³/mol. The number of primary amides is 1. The number of carbonyl (C=O) groups is 3. The number of amides is 2. The van der Waals surface area contributed by atoms with E-state index in [2.05, 4.69) is 10.4 Å². The van der Waals surface area contributed by atoms with E-state index in [4.69, 9.17) is 10.5 Å². The van der Waals surface area contributed by atoms with Gasteiger partial charge in [-0.2, -0.15) is 5.10 Å². The Bertz CT molecular complexity index is 949. The molecule has 0 saturated heterocycles. The van der Waals surface area contributed by atoms with E-state index in [1.54, 1.807) is 0 Å². The molecule has 28 heavy (non-hydrogen) atoms. The lowest BCUT2D eigenvalue weighted by molar-refractivity contribution is -0.116. The first-order valence-electron chi connectivity index (χ1n) is 8.40. The molecule has 2 heterocycles. The number of carbonyl (C=O) groups excluding carboxylic acids is 3. The lowest BCUT2D eigenvalue weighted by atomic mass is 10.1. The zero-order chi connectivity index (χ0) is 20.6. The van der Waals surface area contributed by atoms with Crippen LogP contribution in [0.2, 0.25) is 0 Å². The second-order valence-corrected chi connectivity index (χ2v) is 7.41. The standard InChI is InChI=1S/C17H18F2N4O4S/c1-7-12(17(26)27-2)16(28-13(7)15(20)25)21-11(24)6-23-10(8-3-4-8)5-9(22-23)14(18)19/h5,8,14H,3-4,6H2,1-2H3,(H2,20,25)(H,21,24). The van der Waals surface area contributed by atoms with Gasteiger partial charge in [-0.05, 0) is 31.4 Å². The van der Waals surface area contributed by atoms with Gasteiger partial charge < -0.3 is 15.8 Å². The number of esters is 1. The Morgan fingerprint density at radius 2 is 2.11 bits per heavy atom. The van der Waals surface area contributed by atoms with Crippen LogP contribution < -0.4 is 11.1 Å². The summed E-state index contributed by atoms with van der Waals surface area (Å²) in [6, 6.07) is 1.32. The Kier molecular flexibility index (Phi) is 5.45. The van der Waals surface area contributed by atoms with Crippen LogP contribution in [0.3, 0.4) is 0 Å². The molecule has 8 nitrogen and oxygen atoms in total. The summed E-state index contributed by atoms with van der Waals surface area (Å²) < 4.78 is 31.9. The van der Waals surface area contributed by atoms with Crippen molar-refractivity contribution >= 4 is 34.1 Å². The quantitative estimate of drug-likeness (QED) is 0.678. The highest BCUT2D eigenvalue weighted by atomic mass is 32.1. The molecule has 11 heteroatoms. The lowest BCUT2D eigenvalue weighted by Gasteiger charge is -2.08. The van der Waals surface area contributed by atoms with Gasteiger partial charge in [-0.15, -0.1) is 11.3 Å². The molecule has 2 aromatic rings. The summed E-state index contributed by atoms with van der Waals surface area (Å²) in [4.78, 5) is 36.2. The minimum Gasteiger partial charge on any atom is -0.465 e. The van der Waals surface area contributed by atoms with Crippen LogP contribution in [0.25, 0.3) is 0 Å². The molecule has 0 unspecified atom stereocenters. The molecule has 0 aliphatic heterocycles. The Hall–Kier alpha value is -2.82. The fourth-order valence-corrected chi connectivity index (χ4v) is 3.94. The Labute approximate surface area is 162 Å². The number of alkyl halides is 2. The van der Waals surface area contributed by atoms with Gasteiger partial charge in [0.1, 0.15) is 17.2 Å². The van der Waals surface area contributed by atoms with Crippen LogP contribution in [0.5, 0.6) is 0 Å². The van der Waals surface area contributed by atoms with Crippen molar-refractivity contribution in [2.24, 2.45) is 5.73 Å². The molecule has 1 saturated carbocycles. The SMILES string of the molecule is COC(=O)c1c(NC(=O)Cn2nc(C(F)F)cc2C2CC2)sc(C(N)=O)c1C. The summed E-state index contributed by atoms with van der Waals surface area (Å²) >= 11 is 0.853. The van der Waals surface area contributed by atoms with E-state index < -0.39 is 24.2 Å². The van der Waals surface area contributed by atoms with Crippen LogP contribution in [0.1, 0.15) is 62.2 Å². The molecule has 0 atom stereocenters. The number of nitrogens with one attached hydrogen (secondary N) is 1. The summed E-state index contributed by atoms with van der Waals surface area (Å²) in [6.07, 6.45) is -1.02. The van der Waals surface area contributed by atoms with Crippen LogP contribution in [-0.4, -0.2) is 34.7 Å². The van der Waals surface area contributed by atoms with Crippen molar-refractivity contribution in [3.05, 3.63) is 33.5 Å². The van der Waals surface area contributed by atoms with Gasteiger partial charge in [0.05, 0.1) is 17.6 Å². The number of anilines is 1. The number of aromatic nitrogens is 2. The van der Waals surface area contributed by atoms with Gasteiger partial charge in [0, 0.05) is 11.6 Å². The number of halogens is 2. The molecule has 0 bridgehead atoms. The molecular weight excluding hydrogens is 394 g/mol. The van der Waals surface area contributed by atoms with E-state index in [0.29, 0.717) is 11.3 Å². The van der Waals surface area contributed by atoms with E-state index in [1.165, 1.54) is 24.8 Å². The highest BCUT2D eigenvalue weighted by molar-refractivity contribution is 7.18. The van der Waals surface area contributed by atoms with Gasteiger partial charge in [0.2, 0.25) is 5.91 Å². The molecule has 2 amide bonds. The van der Waals surface area contributed by atoms with E-state index >= 15 is 0 Å². The number of nitrogens with two attached hydrogens (primary N) is 1. The number of thiophene rings is 1. The molecule has 3 rings (SSSR count). The number of hydrogen-bond acceptors (Lipinski definition) is 6. The average Bonchev–Trinajstić information content (AvgIpc) is 3.30. The van der Waals surface area contributed by atoms with E-state index in [-0.39, 0.29) is 33.6 Å². The number of ether oxygens (including phenoxy) is 1. The van der Waals surface area contributed by atoms with Crippen LogP contribution in [-0.2, 0) is 16.1 Å². The maximum absolute atomic E-state index is 13.0. The third kappa shape index (κ3) is 3.88. The molecule has 3 N–H and O–H groups in total. The smallest absolute Gasteiger partial charge is 0.341 e. The molecule has 0 spiro atoms. The number of hydrogen-bond donors (Lipinski definition) is 2. The van der Waals surface area contributed by atoms with Crippen molar-refractivity contribution in [1.82, 2.24) is 9.78 Å². The predicted octanol–water partition coefficient (Wildman–Crippen LogP) is 2.59. The first-order valence-corrected chi connectivity index (χ1v) is 9.21. The van der Waals surface area contributed by atoms with Gasteiger partial charge in [0.25, 0.3) is 12.3 Å². The van der Waals surface area contributed by atoms with Gasteiger partial charge in [-0.3, -0.25) is 14.3 Å². The monoisotopic (exact) mass is 412 g/mol. The molecule has 1 aliphatic rings. The van der Waals surface area contributed by atoms with Crippen LogP contribution in [0, 0.1) is 6.92 Å². The molecule has 1 aliphatic carbocycles. The normalized spacial score (nSPS) is 13.6. The van der Waals surface area contributed by atoms with Crippen molar-refractivity contribution < 1.29 is 27.9 Å². The fraction of sp³-hybridized carbons (Fsp3) is 0.412. The first kappa shape index (κ1) is 19.9. The molecule has 2 aromatic heterocycles. The average molecular weight is 412 g/mol. The fourth-order valence-electron chi connectivity index (χ4n) is 2.88.